The first-order valence-electron chi connectivity index (χ1n) is 7.20. The van der Waals surface area contributed by atoms with Crippen LogP contribution in [-0.4, -0.2) is 0 Å². The fourth-order valence-corrected chi connectivity index (χ4v) is 2.58. The van der Waals surface area contributed by atoms with Crippen LogP contribution in [0.4, 0.5) is 4.39 Å². The molecule has 0 saturated carbocycles. The molecule has 118 valence electrons. The molecule has 5 heteroatoms. The van der Waals surface area contributed by atoms with E-state index in [1.54, 1.807) is 0 Å². The summed E-state index contributed by atoms with van der Waals surface area (Å²) in [7, 11) is 0. The second-order valence-corrected chi connectivity index (χ2v) is 5.55. The molecule has 0 aliphatic carbocycles. The Morgan fingerprint density at radius 2 is 2.00 bits per heavy atom. The lowest BCUT2D eigenvalue weighted by Crippen LogP contribution is -2.04. The van der Waals surface area contributed by atoms with E-state index in [4.69, 9.17) is 20.8 Å². The zero-order valence-corrected chi connectivity index (χ0v) is 13.2. The first-order chi connectivity index (χ1) is 11.1. The monoisotopic (exact) mass is 332 g/mol. The van der Waals surface area contributed by atoms with Crippen LogP contribution >= 0.6 is 11.6 Å². The van der Waals surface area contributed by atoms with Gasteiger partial charge in [-0.2, -0.15) is 0 Å². The van der Waals surface area contributed by atoms with Gasteiger partial charge in [-0.1, -0.05) is 30.7 Å². The maximum absolute atomic E-state index is 13.0. The first kappa shape index (κ1) is 15.6. The smallest absolute Gasteiger partial charge is 0.336 e. The zero-order valence-electron chi connectivity index (χ0n) is 12.4. The van der Waals surface area contributed by atoms with Gasteiger partial charge in [0.15, 0.2) is 0 Å². The van der Waals surface area contributed by atoms with E-state index in [1.165, 1.54) is 24.3 Å². The summed E-state index contributed by atoms with van der Waals surface area (Å²) in [6.07, 6.45) is 0.853. The van der Waals surface area contributed by atoms with E-state index < -0.39 is 11.4 Å². The molecule has 0 saturated heterocycles. The van der Waals surface area contributed by atoms with Crippen molar-refractivity contribution in [1.29, 1.82) is 0 Å². The van der Waals surface area contributed by atoms with Gasteiger partial charge in [-0.25, -0.2) is 9.18 Å². The van der Waals surface area contributed by atoms with Gasteiger partial charge in [-0.3, -0.25) is 0 Å². The van der Waals surface area contributed by atoms with E-state index in [1.807, 2.05) is 25.1 Å². The van der Waals surface area contributed by atoms with Crippen LogP contribution in [0.2, 0.25) is 5.02 Å². The highest BCUT2D eigenvalue weighted by atomic mass is 35.5. The van der Waals surface area contributed by atoms with E-state index in [9.17, 15) is 9.18 Å². The lowest BCUT2D eigenvalue weighted by molar-refractivity contribution is 0.306. The van der Waals surface area contributed by atoms with Gasteiger partial charge in [0, 0.05) is 17.0 Å². The Labute approximate surface area is 137 Å². The number of fused-ring (bicyclic) bond motifs is 1. The van der Waals surface area contributed by atoms with E-state index in [2.05, 4.69) is 0 Å². The van der Waals surface area contributed by atoms with Gasteiger partial charge < -0.3 is 9.15 Å². The minimum atomic E-state index is -0.436. The second-order valence-electron chi connectivity index (χ2n) is 5.14. The summed E-state index contributed by atoms with van der Waals surface area (Å²) in [5.41, 5.74) is 1.87. The maximum atomic E-state index is 13.0. The Balaban J connectivity index is 1.94. The Kier molecular flexibility index (Phi) is 4.35. The molecule has 0 atom stereocenters. The fourth-order valence-electron chi connectivity index (χ4n) is 2.36. The van der Waals surface area contributed by atoms with Crippen molar-refractivity contribution < 1.29 is 13.5 Å². The van der Waals surface area contributed by atoms with Crippen LogP contribution < -0.4 is 10.4 Å². The predicted octanol–water partition coefficient (Wildman–Crippen LogP) is 4.73. The molecule has 0 bridgehead atoms. The number of aryl methyl sites for hydroxylation is 1. The summed E-state index contributed by atoms with van der Waals surface area (Å²) in [4.78, 5) is 11.7. The van der Waals surface area contributed by atoms with E-state index in [-0.39, 0.29) is 11.6 Å². The second kappa shape index (κ2) is 6.42. The molecule has 1 heterocycles. The van der Waals surface area contributed by atoms with Crippen molar-refractivity contribution in [2.45, 2.75) is 20.0 Å². The third-order valence-corrected chi connectivity index (χ3v) is 3.88. The van der Waals surface area contributed by atoms with Crippen LogP contribution in [0.25, 0.3) is 11.0 Å². The maximum Gasteiger partial charge on any atom is 0.336 e. The molecule has 0 spiro atoms. The Bertz CT molecular complexity index is 918. The number of halogens is 2. The van der Waals surface area contributed by atoms with Crippen molar-refractivity contribution in [1.82, 2.24) is 0 Å². The van der Waals surface area contributed by atoms with Gasteiger partial charge in [0.05, 0.1) is 5.02 Å². The van der Waals surface area contributed by atoms with Crippen molar-refractivity contribution in [2.75, 3.05) is 0 Å². The molecule has 0 aliphatic heterocycles. The number of hydrogen-bond donors (Lipinski definition) is 0. The van der Waals surface area contributed by atoms with Gasteiger partial charge in [-0.05, 0) is 36.2 Å². The third kappa shape index (κ3) is 3.37. The average Bonchev–Trinajstić information content (AvgIpc) is 2.53. The molecule has 23 heavy (non-hydrogen) atoms. The van der Waals surface area contributed by atoms with E-state index in [0.717, 1.165) is 17.4 Å². The van der Waals surface area contributed by atoms with Crippen molar-refractivity contribution in [3.8, 4) is 5.75 Å². The van der Waals surface area contributed by atoms with Gasteiger partial charge >= 0.3 is 5.63 Å². The fraction of sp³-hybridized carbons (Fsp3) is 0.167. The minimum Gasteiger partial charge on any atom is -0.487 e. The summed E-state index contributed by atoms with van der Waals surface area (Å²) >= 11 is 5.94. The van der Waals surface area contributed by atoms with Gasteiger partial charge in [0.2, 0.25) is 0 Å². The molecule has 0 unspecified atom stereocenters. The van der Waals surface area contributed by atoms with Gasteiger partial charge in [-0.15, -0.1) is 0 Å². The average molecular weight is 333 g/mol. The van der Waals surface area contributed by atoms with Crippen LogP contribution in [0.3, 0.4) is 0 Å². The normalized spacial score (nSPS) is 10.9. The highest BCUT2D eigenvalue weighted by Crippen LogP contribution is 2.27. The lowest BCUT2D eigenvalue weighted by atomic mass is 10.1. The largest absolute Gasteiger partial charge is 0.487 e. The standard InChI is InChI=1S/C18H14ClFO3/c1-2-11-3-5-14-12(8-18(21)23-17(14)7-11)10-22-16-6-4-13(20)9-15(16)19/h3-9H,2,10H2,1H3. The summed E-state index contributed by atoms with van der Waals surface area (Å²) in [5.74, 6) is -0.0695. The van der Waals surface area contributed by atoms with Crippen molar-refractivity contribution in [2.24, 2.45) is 0 Å². The summed E-state index contributed by atoms with van der Waals surface area (Å²) in [6.45, 7) is 2.17. The van der Waals surface area contributed by atoms with Crippen LogP contribution in [0.1, 0.15) is 18.1 Å². The topological polar surface area (TPSA) is 39.4 Å². The number of benzene rings is 2. The van der Waals surface area contributed by atoms with Crippen LogP contribution in [0.5, 0.6) is 5.75 Å². The van der Waals surface area contributed by atoms with Crippen LogP contribution in [-0.2, 0) is 13.0 Å². The number of rotatable bonds is 4. The summed E-state index contributed by atoms with van der Waals surface area (Å²) < 4.78 is 23.9. The first-order valence-corrected chi connectivity index (χ1v) is 7.58. The number of hydrogen-bond acceptors (Lipinski definition) is 3. The highest BCUT2D eigenvalue weighted by Gasteiger charge is 2.09. The van der Waals surface area contributed by atoms with Gasteiger partial charge in [0.1, 0.15) is 23.8 Å². The molecule has 0 fully saturated rings. The quantitative estimate of drug-likeness (QED) is 0.648. The third-order valence-electron chi connectivity index (χ3n) is 3.58. The predicted molar refractivity (Wildman–Crippen MR) is 87.6 cm³/mol. The Hall–Kier alpha value is -2.33. The van der Waals surface area contributed by atoms with Crippen LogP contribution in [0.15, 0.2) is 51.7 Å². The molecule has 3 rings (SSSR count). The molecule has 3 aromatic rings. The molecular formula is C18H14ClFO3. The molecule has 2 aromatic carbocycles. The van der Waals surface area contributed by atoms with Gasteiger partial charge in [0.25, 0.3) is 0 Å². The summed E-state index contributed by atoms with van der Waals surface area (Å²) in [5, 5.41) is 0.991. The molecular weight excluding hydrogens is 319 g/mol. The summed E-state index contributed by atoms with van der Waals surface area (Å²) in [6, 6.07) is 11.0. The van der Waals surface area contributed by atoms with E-state index in [0.29, 0.717) is 16.9 Å². The van der Waals surface area contributed by atoms with Crippen LogP contribution in [0, 0.1) is 5.82 Å². The van der Waals surface area contributed by atoms with Crippen molar-refractivity contribution in [3.05, 3.63) is 74.9 Å². The SMILES string of the molecule is CCc1ccc2c(COc3ccc(F)cc3Cl)cc(=O)oc2c1. The molecule has 0 amide bonds. The van der Waals surface area contributed by atoms with Crippen molar-refractivity contribution in [3.63, 3.8) is 0 Å². The van der Waals surface area contributed by atoms with E-state index >= 15 is 0 Å². The molecule has 0 radical (unpaired) electrons. The molecule has 0 N–H and O–H groups in total. The lowest BCUT2D eigenvalue weighted by Gasteiger charge is -2.10. The van der Waals surface area contributed by atoms with Crippen molar-refractivity contribution >= 4 is 22.6 Å². The minimum absolute atomic E-state index is 0.138. The number of ether oxygens (including phenoxy) is 1. The molecule has 3 nitrogen and oxygen atoms in total. The molecule has 0 aliphatic rings. The zero-order chi connectivity index (χ0) is 16.4. The highest BCUT2D eigenvalue weighted by molar-refractivity contribution is 6.32. The Morgan fingerprint density at radius 1 is 1.17 bits per heavy atom. The Morgan fingerprint density at radius 3 is 2.74 bits per heavy atom. The molecule has 1 aromatic heterocycles.